The third kappa shape index (κ3) is 2.48. The Kier molecular flexibility index (Phi) is 3.00. The Balaban J connectivity index is 2.03. The van der Waals surface area contributed by atoms with Crippen molar-refractivity contribution in [1.82, 2.24) is 4.98 Å². The summed E-state index contributed by atoms with van der Waals surface area (Å²) in [5.41, 5.74) is 0.652. The van der Waals surface area contributed by atoms with Gasteiger partial charge in [-0.05, 0) is 29.8 Å². The van der Waals surface area contributed by atoms with Crippen molar-refractivity contribution >= 4 is 0 Å². The molecule has 1 heterocycles. The van der Waals surface area contributed by atoms with E-state index in [1.807, 2.05) is 0 Å². The molecule has 16 heavy (non-hydrogen) atoms. The topological polar surface area (TPSA) is 42.4 Å². The molecule has 3 nitrogen and oxygen atoms in total. The zero-order valence-corrected chi connectivity index (χ0v) is 8.43. The number of phenolic OH excluding ortho intramolecular Hbond substituents is 1. The van der Waals surface area contributed by atoms with E-state index < -0.39 is 5.82 Å². The number of hydrogen-bond donors (Lipinski definition) is 1. The lowest BCUT2D eigenvalue weighted by molar-refractivity contribution is 0.304. The van der Waals surface area contributed by atoms with Crippen LogP contribution >= 0.6 is 0 Å². The highest BCUT2D eigenvalue weighted by Gasteiger charge is 2.02. The maximum absolute atomic E-state index is 13.0. The predicted molar refractivity (Wildman–Crippen MR) is 56.6 cm³/mol. The molecule has 2 rings (SSSR count). The number of phenols is 1. The second-order valence-electron chi connectivity index (χ2n) is 3.26. The molecule has 0 amide bonds. The standard InChI is InChI=1S/C12H10FNO2/c13-11-6-9(3-4-12(11)15)8-16-10-2-1-5-14-7-10/h1-7,15H,8H2. The minimum absolute atomic E-state index is 0.239. The van der Waals surface area contributed by atoms with Crippen molar-refractivity contribution in [2.24, 2.45) is 0 Å². The van der Waals surface area contributed by atoms with E-state index in [1.54, 1.807) is 30.6 Å². The van der Waals surface area contributed by atoms with Crippen molar-refractivity contribution < 1.29 is 14.2 Å². The summed E-state index contributed by atoms with van der Waals surface area (Å²) in [4.78, 5) is 3.89. The zero-order valence-electron chi connectivity index (χ0n) is 8.43. The number of aromatic hydroxyl groups is 1. The van der Waals surface area contributed by atoms with Gasteiger partial charge in [0, 0.05) is 6.20 Å². The molecule has 0 spiro atoms. The van der Waals surface area contributed by atoms with Gasteiger partial charge >= 0.3 is 0 Å². The van der Waals surface area contributed by atoms with Crippen LogP contribution in [0.4, 0.5) is 4.39 Å². The van der Waals surface area contributed by atoms with Gasteiger partial charge in [0.25, 0.3) is 0 Å². The third-order valence-corrected chi connectivity index (χ3v) is 2.05. The molecule has 1 aromatic carbocycles. The van der Waals surface area contributed by atoms with Crippen LogP contribution in [0, 0.1) is 5.82 Å². The molecule has 0 atom stereocenters. The summed E-state index contributed by atoms with van der Waals surface area (Å²) in [6.45, 7) is 0.239. The van der Waals surface area contributed by atoms with Crippen molar-refractivity contribution in [1.29, 1.82) is 0 Å². The number of benzene rings is 1. The molecule has 0 fully saturated rings. The number of aromatic nitrogens is 1. The Morgan fingerprint density at radius 2 is 2.19 bits per heavy atom. The van der Waals surface area contributed by atoms with Gasteiger partial charge in [0.05, 0.1) is 6.20 Å². The summed E-state index contributed by atoms with van der Waals surface area (Å²) in [6, 6.07) is 7.67. The van der Waals surface area contributed by atoms with Crippen LogP contribution in [0.5, 0.6) is 11.5 Å². The molecule has 0 aliphatic rings. The molecule has 0 radical (unpaired) electrons. The molecule has 1 N–H and O–H groups in total. The molecule has 2 aromatic rings. The van der Waals surface area contributed by atoms with Gasteiger partial charge in [0.1, 0.15) is 12.4 Å². The highest BCUT2D eigenvalue weighted by molar-refractivity contribution is 5.28. The lowest BCUT2D eigenvalue weighted by atomic mass is 10.2. The van der Waals surface area contributed by atoms with E-state index in [-0.39, 0.29) is 12.4 Å². The fourth-order valence-corrected chi connectivity index (χ4v) is 1.24. The molecule has 0 aliphatic heterocycles. The molecule has 0 saturated carbocycles. The predicted octanol–water partition coefficient (Wildman–Crippen LogP) is 2.51. The van der Waals surface area contributed by atoms with Gasteiger partial charge in [-0.1, -0.05) is 6.07 Å². The monoisotopic (exact) mass is 219 g/mol. The Bertz CT molecular complexity index is 474. The van der Waals surface area contributed by atoms with Gasteiger partial charge < -0.3 is 9.84 Å². The van der Waals surface area contributed by atoms with Crippen molar-refractivity contribution in [2.75, 3.05) is 0 Å². The Morgan fingerprint density at radius 3 is 2.88 bits per heavy atom. The third-order valence-electron chi connectivity index (χ3n) is 2.05. The van der Waals surface area contributed by atoms with E-state index in [0.29, 0.717) is 11.3 Å². The largest absolute Gasteiger partial charge is 0.505 e. The normalized spacial score (nSPS) is 10.1. The molecule has 0 aliphatic carbocycles. The summed E-state index contributed by atoms with van der Waals surface area (Å²) < 4.78 is 18.4. The minimum atomic E-state index is -0.646. The highest BCUT2D eigenvalue weighted by atomic mass is 19.1. The lowest BCUT2D eigenvalue weighted by Gasteiger charge is -2.05. The van der Waals surface area contributed by atoms with Crippen molar-refractivity contribution in [3.05, 3.63) is 54.1 Å². The first-order valence-electron chi connectivity index (χ1n) is 4.76. The maximum Gasteiger partial charge on any atom is 0.165 e. The van der Waals surface area contributed by atoms with Crippen LogP contribution in [-0.2, 0) is 6.61 Å². The van der Waals surface area contributed by atoms with Crippen LogP contribution < -0.4 is 4.74 Å². The first-order chi connectivity index (χ1) is 7.75. The van der Waals surface area contributed by atoms with Crippen molar-refractivity contribution in [2.45, 2.75) is 6.61 Å². The van der Waals surface area contributed by atoms with E-state index >= 15 is 0 Å². The lowest BCUT2D eigenvalue weighted by Crippen LogP contribution is -1.96. The summed E-state index contributed by atoms with van der Waals surface area (Å²) in [6.07, 6.45) is 3.23. The van der Waals surface area contributed by atoms with Gasteiger partial charge in [-0.15, -0.1) is 0 Å². The maximum atomic E-state index is 13.0. The van der Waals surface area contributed by atoms with E-state index in [1.165, 1.54) is 12.1 Å². The van der Waals surface area contributed by atoms with Crippen LogP contribution in [0.15, 0.2) is 42.7 Å². The quantitative estimate of drug-likeness (QED) is 0.862. The Morgan fingerprint density at radius 1 is 1.31 bits per heavy atom. The van der Waals surface area contributed by atoms with Crippen LogP contribution in [0.3, 0.4) is 0 Å². The van der Waals surface area contributed by atoms with E-state index in [4.69, 9.17) is 9.84 Å². The number of halogens is 1. The van der Waals surface area contributed by atoms with Crippen LogP contribution in [0.1, 0.15) is 5.56 Å². The molecule has 0 unspecified atom stereocenters. The summed E-state index contributed by atoms with van der Waals surface area (Å²) in [7, 11) is 0. The average Bonchev–Trinajstić information content (AvgIpc) is 2.32. The van der Waals surface area contributed by atoms with E-state index in [0.717, 1.165) is 0 Å². The summed E-state index contributed by atoms with van der Waals surface area (Å²) in [5, 5.41) is 9.00. The first-order valence-corrected chi connectivity index (χ1v) is 4.76. The Labute approximate surface area is 92.1 Å². The molecule has 4 heteroatoms. The second-order valence-corrected chi connectivity index (χ2v) is 3.26. The van der Waals surface area contributed by atoms with Gasteiger partial charge in [0.15, 0.2) is 11.6 Å². The van der Waals surface area contributed by atoms with E-state index in [9.17, 15) is 4.39 Å². The van der Waals surface area contributed by atoms with Gasteiger partial charge in [-0.25, -0.2) is 4.39 Å². The molecule has 1 aromatic heterocycles. The smallest absolute Gasteiger partial charge is 0.165 e. The number of rotatable bonds is 3. The van der Waals surface area contributed by atoms with Gasteiger partial charge in [-0.3, -0.25) is 4.98 Å². The number of ether oxygens (including phenoxy) is 1. The van der Waals surface area contributed by atoms with Crippen LogP contribution in [0.2, 0.25) is 0 Å². The molecular weight excluding hydrogens is 209 g/mol. The minimum Gasteiger partial charge on any atom is -0.505 e. The fraction of sp³-hybridized carbons (Fsp3) is 0.0833. The van der Waals surface area contributed by atoms with E-state index in [2.05, 4.69) is 4.98 Å². The number of pyridine rings is 1. The summed E-state index contributed by atoms with van der Waals surface area (Å²) >= 11 is 0. The Hall–Kier alpha value is -2.10. The number of nitrogens with zero attached hydrogens (tertiary/aromatic N) is 1. The van der Waals surface area contributed by atoms with Gasteiger partial charge in [-0.2, -0.15) is 0 Å². The fourth-order valence-electron chi connectivity index (χ4n) is 1.24. The molecule has 82 valence electrons. The average molecular weight is 219 g/mol. The molecular formula is C12H10FNO2. The van der Waals surface area contributed by atoms with Crippen LogP contribution in [0.25, 0.3) is 0 Å². The SMILES string of the molecule is Oc1ccc(COc2cccnc2)cc1F. The summed E-state index contributed by atoms with van der Waals surface area (Å²) in [5.74, 6) is -0.381. The van der Waals surface area contributed by atoms with Crippen molar-refractivity contribution in [3.8, 4) is 11.5 Å². The zero-order chi connectivity index (χ0) is 11.4. The van der Waals surface area contributed by atoms with Gasteiger partial charge in [0.2, 0.25) is 0 Å². The highest BCUT2D eigenvalue weighted by Crippen LogP contribution is 2.17. The first kappa shape index (κ1) is 10.4. The molecule has 0 saturated heterocycles. The second kappa shape index (κ2) is 4.61. The van der Waals surface area contributed by atoms with Crippen molar-refractivity contribution in [3.63, 3.8) is 0 Å². The molecule has 0 bridgehead atoms. The number of hydrogen-bond acceptors (Lipinski definition) is 3. The van der Waals surface area contributed by atoms with Crippen LogP contribution in [-0.4, -0.2) is 10.1 Å².